The Morgan fingerprint density at radius 1 is 1.37 bits per heavy atom. The number of aryl methyl sites for hydroxylation is 3. The first-order chi connectivity index (χ1) is 9.02. The Kier molecular flexibility index (Phi) is 4.42. The molecule has 0 spiro atoms. The lowest BCUT2D eigenvalue weighted by Gasteiger charge is -2.08. The van der Waals surface area contributed by atoms with Crippen LogP contribution in [-0.4, -0.2) is 9.78 Å². The van der Waals surface area contributed by atoms with Crippen LogP contribution in [0.5, 0.6) is 0 Å². The smallest absolute Gasteiger partial charge is 0.0855 e. The number of halogens is 1. The largest absolute Gasteiger partial charge is 0.399 e. The van der Waals surface area contributed by atoms with Crippen LogP contribution in [0, 0.1) is 13.8 Å². The maximum atomic E-state index is 6.31. The Morgan fingerprint density at radius 3 is 2.74 bits per heavy atom. The number of nitrogens with zero attached hydrogens (tertiary/aromatic N) is 2. The number of nitrogen functional groups attached to an aromatic ring is 1. The number of hydrogen-bond donors (Lipinski definition) is 1. The summed E-state index contributed by atoms with van der Waals surface area (Å²) in [5, 5.41) is 5.21. The average molecular weight is 296 g/mol. The van der Waals surface area contributed by atoms with Gasteiger partial charge in [0.05, 0.1) is 16.4 Å². The molecule has 0 aliphatic carbocycles. The number of hydrogen-bond acceptors (Lipinski definition) is 3. The molecule has 0 radical (unpaired) electrons. The minimum absolute atomic E-state index is 0.780. The Bertz CT molecular complexity index is 593. The number of rotatable bonds is 4. The van der Waals surface area contributed by atoms with Crippen LogP contribution in [0.25, 0.3) is 0 Å². The molecule has 0 bridgehead atoms. The first kappa shape index (κ1) is 14.3. The highest BCUT2D eigenvalue weighted by Gasteiger charge is 2.13. The van der Waals surface area contributed by atoms with E-state index in [1.807, 2.05) is 23.7 Å². The van der Waals surface area contributed by atoms with Crippen molar-refractivity contribution in [1.29, 1.82) is 0 Å². The molecule has 0 fully saturated rings. The second-order valence-corrected chi connectivity index (χ2v) is 5.87. The van der Waals surface area contributed by atoms with E-state index in [-0.39, 0.29) is 0 Å². The maximum Gasteiger partial charge on any atom is 0.0855 e. The van der Waals surface area contributed by atoms with E-state index >= 15 is 0 Å². The zero-order chi connectivity index (χ0) is 14.0. The molecule has 0 amide bonds. The zero-order valence-electron chi connectivity index (χ0n) is 11.4. The van der Waals surface area contributed by atoms with Crippen LogP contribution in [0.15, 0.2) is 23.1 Å². The van der Waals surface area contributed by atoms with E-state index in [1.54, 1.807) is 11.8 Å². The van der Waals surface area contributed by atoms with Gasteiger partial charge in [0.15, 0.2) is 0 Å². The van der Waals surface area contributed by atoms with Crippen LogP contribution in [0.3, 0.4) is 0 Å². The molecule has 0 aliphatic rings. The van der Waals surface area contributed by atoms with Gasteiger partial charge in [-0.3, -0.25) is 4.68 Å². The fraction of sp³-hybridized carbons (Fsp3) is 0.357. The second kappa shape index (κ2) is 5.88. The normalized spacial score (nSPS) is 10.9. The third kappa shape index (κ3) is 3.07. The van der Waals surface area contributed by atoms with E-state index in [4.69, 9.17) is 17.3 Å². The summed E-state index contributed by atoms with van der Waals surface area (Å²) in [6, 6.07) is 5.98. The summed E-state index contributed by atoms with van der Waals surface area (Å²) in [6.07, 6.45) is 0. The molecule has 1 aromatic carbocycles. The van der Waals surface area contributed by atoms with Gasteiger partial charge in [0.1, 0.15) is 0 Å². The quantitative estimate of drug-likeness (QED) is 0.683. The summed E-state index contributed by atoms with van der Waals surface area (Å²) < 4.78 is 1.97. The highest BCUT2D eigenvalue weighted by Crippen LogP contribution is 2.31. The van der Waals surface area contributed by atoms with Gasteiger partial charge in [-0.1, -0.05) is 11.6 Å². The Labute approximate surface area is 123 Å². The third-order valence-electron chi connectivity index (χ3n) is 3.02. The van der Waals surface area contributed by atoms with Gasteiger partial charge in [-0.05, 0) is 44.5 Å². The lowest BCUT2D eigenvalue weighted by atomic mass is 10.2. The van der Waals surface area contributed by atoms with Crippen LogP contribution in [0.2, 0.25) is 5.02 Å². The maximum absolute atomic E-state index is 6.31. The number of anilines is 1. The predicted molar refractivity (Wildman–Crippen MR) is 82.8 cm³/mol. The van der Waals surface area contributed by atoms with Crippen molar-refractivity contribution in [2.24, 2.45) is 0 Å². The van der Waals surface area contributed by atoms with Gasteiger partial charge in [0.2, 0.25) is 0 Å². The molecule has 2 N–H and O–H groups in total. The molecule has 0 atom stereocenters. The van der Waals surface area contributed by atoms with E-state index in [1.165, 1.54) is 10.5 Å². The first-order valence-electron chi connectivity index (χ1n) is 6.23. The van der Waals surface area contributed by atoms with Gasteiger partial charge in [-0.15, -0.1) is 11.8 Å². The first-order valence-corrected chi connectivity index (χ1v) is 7.60. The van der Waals surface area contributed by atoms with Crippen molar-refractivity contribution in [3.8, 4) is 0 Å². The summed E-state index contributed by atoms with van der Waals surface area (Å²) in [4.78, 5) is 1.23. The molecule has 0 saturated heterocycles. The summed E-state index contributed by atoms with van der Waals surface area (Å²) in [5.74, 6) is 0.818. The number of benzene rings is 1. The van der Waals surface area contributed by atoms with Crippen molar-refractivity contribution in [3.05, 3.63) is 40.2 Å². The number of aromatic nitrogens is 2. The summed E-state index contributed by atoms with van der Waals surface area (Å²) in [5.41, 5.74) is 9.74. The summed E-state index contributed by atoms with van der Waals surface area (Å²) in [6.45, 7) is 6.93. The molecular weight excluding hydrogens is 278 g/mol. The van der Waals surface area contributed by atoms with Gasteiger partial charge in [-0.25, -0.2) is 0 Å². The van der Waals surface area contributed by atoms with Gasteiger partial charge >= 0.3 is 0 Å². The van der Waals surface area contributed by atoms with Crippen LogP contribution in [0.4, 0.5) is 5.69 Å². The SMILES string of the molecule is CCn1nc(C)c(Cl)c1CSc1ccc(N)cc1C. The molecule has 2 aromatic rings. The second-order valence-electron chi connectivity index (χ2n) is 4.48. The van der Waals surface area contributed by atoms with Crippen LogP contribution in [0.1, 0.15) is 23.9 Å². The molecular formula is C14H18ClN3S. The van der Waals surface area contributed by atoms with Gasteiger partial charge in [0, 0.05) is 22.9 Å². The van der Waals surface area contributed by atoms with E-state index < -0.39 is 0 Å². The third-order valence-corrected chi connectivity index (χ3v) is 4.69. The zero-order valence-corrected chi connectivity index (χ0v) is 13.0. The van der Waals surface area contributed by atoms with Crippen molar-refractivity contribution in [2.75, 3.05) is 5.73 Å². The molecule has 5 heteroatoms. The Hall–Kier alpha value is -1.13. The Balaban J connectivity index is 2.18. The van der Waals surface area contributed by atoms with Crippen molar-refractivity contribution in [3.63, 3.8) is 0 Å². The molecule has 2 rings (SSSR count). The van der Waals surface area contributed by atoms with Crippen molar-refractivity contribution >= 4 is 29.1 Å². The van der Waals surface area contributed by atoms with Gasteiger partial charge in [0.25, 0.3) is 0 Å². The van der Waals surface area contributed by atoms with E-state index in [9.17, 15) is 0 Å². The summed E-state index contributed by atoms with van der Waals surface area (Å²) in [7, 11) is 0. The number of thioether (sulfide) groups is 1. The fourth-order valence-corrected chi connectivity index (χ4v) is 3.31. The number of nitrogens with two attached hydrogens (primary N) is 1. The highest BCUT2D eigenvalue weighted by molar-refractivity contribution is 7.98. The van der Waals surface area contributed by atoms with Crippen LogP contribution < -0.4 is 5.73 Å². The minimum atomic E-state index is 0.780. The molecule has 1 aromatic heterocycles. The standard InChI is InChI=1S/C14H18ClN3S/c1-4-18-12(14(15)10(3)17-18)8-19-13-6-5-11(16)7-9(13)2/h5-7H,4,8,16H2,1-3H3. The molecule has 102 valence electrons. The van der Waals surface area contributed by atoms with Crippen molar-refractivity contribution in [1.82, 2.24) is 9.78 Å². The van der Waals surface area contributed by atoms with Crippen molar-refractivity contribution in [2.45, 2.75) is 38.0 Å². The van der Waals surface area contributed by atoms with Crippen LogP contribution in [-0.2, 0) is 12.3 Å². The monoisotopic (exact) mass is 295 g/mol. The summed E-state index contributed by atoms with van der Waals surface area (Å²) >= 11 is 8.07. The predicted octanol–water partition coefficient (Wildman–Crippen LogP) is 4.05. The van der Waals surface area contributed by atoms with Gasteiger partial charge in [-0.2, -0.15) is 5.10 Å². The molecule has 1 heterocycles. The van der Waals surface area contributed by atoms with E-state index in [2.05, 4.69) is 25.0 Å². The lowest BCUT2D eigenvalue weighted by Crippen LogP contribution is -2.01. The van der Waals surface area contributed by atoms with E-state index in [0.717, 1.165) is 34.4 Å². The molecule has 0 saturated carbocycles. The molecule has 19 heavy (non-hydrogen) atoms. The minimum Gasteiger partial charge on any atom is -0.399 e. The lowest BCUT2D eigenvalue weighted by molar-refractivity contribution is 0.632. The van der Waals surface area contributed by atoms with Crippen molar-refractivity contribution < 1.29 is 0 Å². The Morgan fingerprint density at radius 2 is 2.11 bits per heavy atom. The van der Waals surface area contributed by atoms with Crippen LogP contribution >= 0.6 is 23.4 Å². The molecule has 0 aliphatic heterocycles. The molecule has 0 unspecified atom stereocenters. The van der Waals surface area contributed by atoms with Gasteiger partial charge < -0.3 is 5.73 Å². The molecule has 3 nitrogen and oxygen atoms in total. The fourth-order valence-electron chi connectivity index (χ4n) is 1.99. The average Bonchev–Trinajstić information content (AvgIpc) is 2.65. The topological polar surface area (TPSA) is 43.8 Å². The highest BCUT2D eigenvalue weighted by atomic mass is 35.5. The van der Waals surface area contributed by atoms with E-state index in [0.29, 0.717) is 0 Å².